The third-order valence-electron chi connectivity index (χ3n) is 2.38. The Balaban J connectivity index is 2.26. The molecule has 1 heterocycles. The lowest BCUT2D eigenvalue weighted by Gasteiger charge is -2.04. The first-order valence-corrected chi connectivity index (χ1v) is 5.13. The number of rotatable bonds is 4. The summed E-state index contributed by atoms with van der Waals surface area (Å²) in [6.07, 6.45) is 0.900. The third kappa shape index (κ3) is 2.49. The molecule has 0 radical (unpaired) electrons. The first-order chi connectivity index (χ1) is 8.99. The molecule has 2 rings (SSSR count). The highest BCUT2D eigenvalue weighted by molar-refractivity contribution is 5.96. The van der Waals surface area contributed by atoms with Crippen LogP contribution in [0.3, 0.4) is 0 Å². The summed E-state index contributed by atoms with van der Waals surface area (Å²) in [5.41, 5.74) is 0.149. The molecule has 7 nitrogen and oxygen atoms in total. The van der Waals surface area contributed by atoms with Gasteiger partial charge in [-0.25, -0.2) is 9.59 Å². The largest absolute Gasteiger partial charge is 0.504 e. The monoisotopic (exact) mass is 263 g/mol. The quantitative estimate of drug-likeness (QED) is 0.666. The molecule has 0 saturated carbocycles. The van der Waals surface area contributed by atoms with Crippen LogP contribution in [-0.2, 0) is 0 Å². The lowest BCUT2D eigenvalue weighted by Crippen LogP contribution is -2.00. The van der Waals surface area contributed by atoms with Crippen molar-refractivity contribution in [1.29, 1.82) is 0 Å². The van der Waals surface area contributed by atoms with E-state index in [4.69, 9.17) is 14.6 Å². The van der Waals surface area contributed by atoms with Gasteiger partial charge in [-0.2, -0.15) is 0 Å². The zero-order valence-corrected chi connectivity index (χ0v) is 9.45. The van der Waals surface area contributed by atoms with Crippen LogP contribution < -0.4 is 5.32 Å². The molecule has 0 aliphatic rings. The number of carboxylic acids is 2. The van der Waals surface area contributed by atoms with Crippen molar-refractivity contribution < 1.29 is 29.3 Å². The smallest absolute Gasteiger partial charge is 0.345 e. The number of furan rings is 1. The number of anilines is 2. The summed E-state index contributed by atoms with van der Waals surface area (Å²) in [5, 5.41) is 29.6. The molecule has 0 fully saturated rings. The highest BCUT2D eigenvalue weighted by Crippen LogP contribution is 2.30. The lowest BCUT2D eigenvalue weighted by molar-refractivity contribution is 0.0684. The Morgan fingerprint density at radius 1 is 1.05 bits per heavy atom. The topological polar surface area (TPSA) is 120 Å². The molecule has 1 aromatic heterocycles. The first-order valence-electron chi connectivity index (χ1n) is 5.13. The number of hydrogen-bond donors (Lipinski definition) is 4. The number of aromatic hydroxyl groups is 1. The molecule has 0 unspecified atom stereocenters. The minimum absolute atomic E-state index is 0.103. The van der Waals surface area contributed by atoms with E-state index in [1.807, 2.05) is 0 Å². The van der Waals surface area contributed by atoms with Gasteiger partial charge in [0.25, 0.3) is 0 Å². The SMILES string of the molecule is O=C(O)c1ccc(Nc2occ(O)c2C(=O)O)cc1. The summed E-state index contributed by atoms with van der Waals surface area (Å²) in [6, 6.07) is 5.62. The molecular weight excluding hydrogens is 254 g/mol. The summed E-state index contributed by atoms with van der Waals surface area (Å²) >= 11 is 0. The van der Waals surface area contributed by atoms with Crippen LogP contribution >= 0.6 is 0 Å². The van der Waals surface area contributed by atoms with Crippen LogP contribution in [0.15, 0.2) is 34.9 Å². The van der Waals surface area contributed by atoms with Gasteiger partial charge in [-0.15, -0.1) is 0 Å². The van der Waals surface area contributed by atoms with Gasteiger partial charge >= 0.3 is 11.9 Å². The minimum atomic E-state index is -1.34. The molecule has 0 aliphatic carbocycles. The van der Waals surface area contributed by atoms with Crippen LogP contribution in [0, 0.1) is 0 Å². The highest BCUT2D eigenvalue weighted by Gasteiger charge is 2.20. The Hall–Kier alpha value is -2.96. The molecule has 1 aromatic carbocycles. The van der Waals surface area contributed by atoms with E-state index >= 15 is 0 Å². The molecule has 0 spiro atoms. The van der Waals surface area contributed by atoms with Crippen LogP contribution in [0.5, 0.6) is 5.75 Å². The van der Waals surface area contributed by atoms with Gasteiger partial charge in [-0.1, -0.05) is 0 Å². The van der Waals surface area contributed by atoms with Gasteiger partial charge in [0.2, 0.25) is 5.88 Å². The fourth-order valence-electron chi connectivity index (χ4n) is 1.47. The molecular formula is C12H9NO6. The number of aromatic carboxylic acids is 2. The van der Waals surface area contributed by atoms with Gasteiger partial charge in [0, 0.05) is 5.69 Å². The van der Waals surface area contributed by atoms with Gasteiger partial charge in [0.1, 0.15) is 6.26 Å². The maximum Gasteiger partial charge on any atom is 0.345 e. The summed E-state index contributed by atoms with van der Waals surface area (Å²) < 4.78 is 4.88. The lowest BCUT2D eigenvalue weighted by atomic mass is 10.2. The number of nitrogens with one attached hydrogen (secondary N) is 1. The van der Waals surface area contributed by atoms with Crippen LogP contribution in [0.4, 0.5) is 11.6 Å². The maximum absolute atomic E-state index is 10.9. The van der Waals surface area contributed by atoms with Crippen molar-refractivity contribution in [3.8, 4) is 5.75 Å². The average Bonchev–Trinajstić information content (AvgIpc) is 2.71. The Morgan fingerprint density at radius 2 is 1.68 bits per heavy atom. The zero-order valence-electron chi connectivity index (χ0n) is 9.45. The molecule has 0 amide bonds. The molecule has 98 valence electrons. The fraction of sp³-hybridized carbons (Fsp3) is 0. The normalized spacial score (nSPS) is 10.1. The minimum Gasteiger partial charge on any atom is -0.504 e. The van der Waals surface area contributed by atoms with Gasteiger partial charge in [0.05, 0.1) is 5.56 Å². The third-order valence-corrected chi connectivity index (χ3v) is 2.38. The number of carbonyl (C=O) groups is 2. The van der Waals surface area contributed by atoms with E-state index in [1.165, 1.54) is 24.3 Å². The van der Waals surface area contributed by atoms with Crippen LogP contribution in [0.1, 0.15) is 20.7 Å². The highest BCUT2D eigenvalue weighted by atomic mass is 16.4. The number of carboxylic acid groups (broad SMARTS) is 2. The second-order valence-corrected chi connectivity index (χ2v) is 3.64. The molecule has 0 bridgehead atoms. The van der Waals surface area contributed by atoms with E-state index in [1.54, 1.807) is 0 Å². The van der Waals surface area contributed by atoms with E-state index in [2.05, 4.69) is 5.32 Å². The number of benzene rings is 1. The van der Waals surface area contributed by atoms with Gasteiger partial charge in [0.15, 0.2) is 11.3 Å². The molecule has 0 aliphatic heterocycles. The summed E-state index contributed by atoms with van der Waals surface area (Å²) in [6.45, 7) is 0. The Kier molecular flexibility index (Phi) is 3.11. The molecule has 7 heteroatoms. The Bertz CT molecular complexity index is 628. The van der Waals surface area contributed by atoms with Crippen molar-refractivity contribution in [2.45, 2.75) is 0 Å². The van der Waals surface area contributed by atoms with E-state index in [9.17, 15) is 14.7 Å². The van der Waals surface area contributed by atoms with Crippen LogP contribution in [0.2, 0.25) is 0 Å². The predicted octanol–water partition coefficient (Wildman–Crippen LogP) is 2.13. The second-order valence-electron chi connectivity index (χ2n) is 3.64. The van der Waals surface area contributed by atoms with Crippen molar-refractivity contribution in [3.05, 3.63) is 41.7 Å². The van der Waals surface area contributed by atoms with E-state index in [0.717, 1.165) is 6.26 Å². The zero-order chi connectivity index (χ0) is 14.0. The van der Waals surface area contributed by atoms with E-state index in [-0.39, 0.29) is 17.0 Å². The van der Waals surface area contributed by atoms with Gasteiger partial charge in [-0.05, 0) is 24.3 Å². The summed E-state index contributed by atoms with van der Waals surface area (Å²) in [4.78, 5) is 21.6. The Labute approximate surface area is 106 Å². The Morgan fingerprint density at radius 3 is 2.21 bits per heavy atom. The predicted molar refractivity (Wildman–Crippen MR) is 64.0 cm³/mol. The molecule has 19 heavy (non-hydrogen) atoms. The summed E-state index contributed by atoms with van der Waals surface area (Å²) in [7, 11) is 0. The number of hydrogen-bond acceptors (Lipinski definition) is 5. The van der Waals surface area contributed by atoms with Crippen molar-refractivity contribution in [2.24, 2.45) is 0 Å². The standard InChI is InChI=1S/C12H9NO6/c14-8-5-19-10(9(8)12(17)18)13-7-3-1-6(2-4-7)11(15)16/h1-5,13-14H,(H,15,16)(H,17,18). The van der Waals surface area contributed by atoms with Crippen molar-refractivity contribution in [3.63, 3.8) is 0 Å². The van der Waals surface area contributed by atoms with Crippen molar-refractivity contribution in [2.75, 3.05) is 5.32 Å². The van der Waals surface area contributed by atoms with Gasteiger partial charge < -0.3 is 25.1 Å². The maximum atomic E-state index is 10.9. The van der Waals surface area contributed by atoms with E-state index in [0.29, 0.717) is 5.69 Å². The van der Waals surface area contributed by atoms with Crippen molar-refractivity contribution >= 4 is 23.5 Å². The first kappa shape index (κ1) is 12.5. The average molecular weight is 263 g/mol. The molecule has 0 saturated heterocycles. The molecule has 2 aromatic rings. The van der Waals surface area contributed by atoms with Gasteiger partial charge in [-0.3, -0.25) is 0 Å². The molecule has 0 atom stereocenters. The van der Waals surface area contributed by atoms with Crippen molar-refractivity contribution in [1.82, 2.24) is 0 Å². The molecule has 4 N–H and O–H groups in total. The second kappa shape index (κ2) is 4.73. The van der Waals surface area contributed by atoms with Crippen LogP contribution in [0.25, 0.3) is 0 Å². The van der Waals surface area contributed by atoms with E-state index < -0.39 is 17.7 Å². The fourth-order valence-corrected chi connectivity index (χ4v) is 1.47. The summed E-state index contributed by atoms with van der Waals surface area (Å²) in [5.74, 6) is -3.02. The van der Waals surface area contributed by atoms with Crippen LogP contribution in [-0.4, -0.2) is 27.3 Å².